The van der Waals surface area contributed by atoms with Crippen LogP contribution in [0.5, 0.6) is 23.0 Å². The van der Waals surface area contributed by atoms with Gasteiger partial charge in [-0.05, 0) is 83.3 Å². The van der Waals surface area contributed by atoms with Crippen molar-refractivity contribution in [1.29, 1.82) is 0 Å². The van der Waals surface area contributed by atoms with E-state index in [9.17, 15) is 20.4 Å². The standard InChI is InChI=1S/C32H28O4/c1-4-5-27(20(2)3)32(28-18-23(10-16-30(28)35)21-6-12-25(33)13-7-21)29-19-24(11-17-31(29)36)22-8-14-26(34)15-9-22/h4-19,32-36H,1-2H2,3H3/b27-5+. The van der Waals surface area contributed by atoms with Crippen molar-refractivity contribution < 1.29 is 20.4 Å². The number of aromatic hydroxyl groups is 4. The van der Waals surface area contributed by atoms with E-state index in [4.69, 9.17) is 0 Å². The molecule has 4 N–H and O–H groups in total. The maximum Gasteiger partial charge on any atom is 0.119 e. The Morgan fingerprint density at radius 2 is 1.03 bits per heavy atom. The van der Waals surface area contributed by atoms with Gasteiger partial charge >= 0.3 is 0 Å². The Hall–Kier alpha value is -4.70. The molecule has 0 amide bonds. The lowest BCUT2D eigenvalue weighted by molar-refractivity contribution is 0.458. The fourth-order valence-electron chi connectivity index (χ4n) is 4.35. The third-order valence-corrected chi connectivity index (χ3v) is 6.18. The number of phenolic OH excluding ortho intramolecular Hbond substituents is 4. The van der Waals surface area contributed by atoms with Crippen LogP contribution in [-0.4, -0.2) is 20.4 Å². The quantitative estimate of drug-likeness (QED) is 0.206. The maximum absolute atomic E-state index is 11.0. The normalized spacial score (nSPS) is 11.4. The van der Waals surface area contributed by atoms with E-state index in [0.717, 1.165) is 33.4 Å². The molecule has 0 bridgehead atoms. The highest BCUT2D eigenvalue weighted by molar-refractivity contribution is 5.71. The van der Waals surface area contributed by atoms with Gasteiger partial charge in [-0.25, -0.2) is 0 Å². The highest BCUT2D eigenvalue weighted by Crippen LogP contribution is 2.45. The molecular formula is C32H28O4. The van der Waals surface area contributed by atoms with Crippen LogP contribution in [-0.2, 0) is 0 Å². The van der Waals surface area contributed by atoms with E-state index in [1.165, 1.54) is 0 Å². The van der Waals surface area contributed by atoms with Crippen LogP contribution in [0.1, 0.15) is 24.0 Å². The number of hydrogen-bond donors (Lipinski definition) is 4. The molecule has 4 aromatic rings. The summed E-state index contributed by atoms with van der Waals surface area (Å²) >= 11 is 0. The van der Waals surface area contributed by atoms with Gasteiger partial charge in [-0.3, -0.25) is 0 Å². The van der Waals surface area contributed by atoms with Gasteiger partial charge < -0.3 is 20.4 Å². The lowest BCUT2D eigenvalue weighted by atomic mass is 9.79. The number of benzene rings is 4. The van der Waals surface area contributed by atoms with Gasteiger partial charge in [-0.2, -0.15) is 0 Å². The minimum absolute atomic E-state index is 0.0770. The lowest BCUT2D eigenvalue weighted by Crippen LogP contribution is -2.07. The lowest BCUT2D eigenvalue weighted by Gasteiger charge is -2.25. The smallest absolute Gasteiger partial charge is 0.119 e. The third kappa shape index (κ3) is 5.03. The minimum atomic E-state index is -0.547. The van der Waals surface area contributed by atoms with E-state index >= 15 is 0 Å². The summed E-state index contributed by atoms with van der Waals surface area (Å²) in [4.78, 5) is 0. The summed E-state index contributed by atoms with van der Waals surface area (Å²) in [5.41, 5.74) is 6.19. The van der Waals surface area contributed by atoms with Crippen LogP contribution in [0.2, 0.25) is 0 Å². The molecule has 0 fully saturated rings. The molecule has 0 saturated heterocycles. The molecule has 36 heavy (non-hydrogen) atoms. The first kappa shape index (κ1) is 24.4. The number of allylic oxidation sites excluding steroid dienone is 4. The molecule has 4 rings (SSSR count). The largest absolute Gasteiger partial charge is 0.508 e. The van der Waals surface area contributed by atoms with Gasteiger partial charge in [-0.1, -0.05) is 67.3 Å². The molecule has 0 radical (unpaired) electrons. The first-order chi connectivity index (χ1) is 17.3. The highest BCUT2D eigenvalue weighted by atomic mass is 16.3. The van der Waals surface area contributed by atoms with Crippen LogP contribution in [0.4, 0.5) is 0 Å². The van der Waals surface area contributed by atoms with Crippen LogP contribution in [0.15, 0.2) is 121 Å². The minimum Gasteiger partial charge on any atom is -0.508 e. The second-order valence-corrected chi connectivity index (χ2v) is 8.71. The van der Waals surface area contributed by atoms with Gasteiger partial charge in [-0.15, -0.1) is 0 Å². The molecule has 0 atom stereocenters. The summed E-state index contributed by atoms with van der Waals surface area (Å²) in [5.74, 6) is -0.0499. The zero-order valence-electron chi connectivity index (χ0n) is 20.0. The molecule has 180 valence electrons. The average molecular weight is 477 g/mol. The Morgan fingerprint density at radius 1 is 0.639 bits per heavy atom. The van der Waals surface area contributed by atoms with Gasteiger partial charge in [0.2, 0.25) is 0 Å². The van der Waals surface area contributed by atoms with E-state index in [0.29, 0.717) is 11.1 Å². The number of phenols is 4. The second-order valence-electron chi connectivity index (χ2n) is 8.71. The van der Waals surface area contributed by atoms with Crippen molar-refractivity contribution in [2.75, 3.05) is 0 Å². The van der Waals surface area contributed by atoms with E-state index in [1.807, 2.05) is 61.5 Å². The highest BCUT2D eigenvalue weighted by Gasteiger charge is 2.26. The van der Waals surface area contributed by atoms with Crippen LogP contribution >= 0.6 is 0 Å². The molecule has 0 aliphatic heterocycles. The number of rotatable bonds is 7. The maximum atomic E-state index is 11.0. The third-order valence-electron chi connectivity index (χ3n) is 6.18. The monoisotopic (exact) mass is 476 g/mol. The van der Waals surface area contributed by atoms with Crippen molar-refractivity contribution in [2.45, 2.75) is 12.8 Å². The van der Waals surface area contributed by atoms with Gasteiger partial charge in [0.05, 0.1) is 0 Å². The Kier molecular flexibility index (Phi) is 6.98. The fraction of sp³-hybridized carbons (Fsp3) is 0.0625. The SMILES string of the molecule is C=C/C=C(\C(=C)C)C(c1cc(-c2ccc(O)cc2)ccc1O)c1cc(-c2ccc(O)cc2)ccc1O. The summed E-state index contributed by atoms with van der Waals surface area (Å²) in [6.45, 7) is 9.88. The summed E-state index contributed by atoms with van der Waals surface area (Å²) in [6.07, 6.45) is 3.51. The molecule has 0 spiro atoms. The number of hydrogen-bond acceptors (Lipinski definition) is 4. The summed E-state index contributed by atoms with van der Waals surface area (Å²) in [5, 5.41) is 41.4. The molecule has 0 saturated carbocycles. The van der Waals surface area contributed by atoms with Crippen LogP contribution in [0, 0.1) is 0 Å². The molecule has 0 aromatic heterocycles. The molecular weight excluding hydrogens is 448 g/mol. The summed E-state index contributed by atoms with van der Waals surface area (Å²) in [7, 11) is 0. The van der Waals surface area contributed by atoms with Crippen molar-refractivity contribution in [2.24, 2.45) is 0 Å². The predicted octanol–water partition coefficient (Wildman–Crippen LogP) is 7.66. The Bertz CT molecular complexity index is 1350. The van der Waals surface area contributed by atoms with E-state index in [-0.39, 0.29) is 23.0 Å². The molecule has 0 aliphatic carbocycles. The molecule has 0 heterocycles. The van der Waals surface area contributed by atoms with Crippen LogP contribution < -0.4 is 0 Å². The van der Waals surface area contributed by atoms with Crippen LogP contribution in [0.25, 0.3) is 22.3 Å². The van der Waals surface area contributed by atoms with Crippen molar-refractivity contribution >= 4 is 0 Å². The van der Waals surface area contributed by atoms with Crippen molar-refractivity contribution in [1.82, 2.24) is 0 Å². The Labute approximate surface area is 211 Å². The van der Waals surface area contributed by atoms with E-state index in [2.05, 4.69) is 13.2 Å². The van der Waals surface area contributed by atoms with Crippen molar-refractivity contribution in [3.63, 3.8) is 0 Å². The first-order valence-electron chi connectivity index (χ1n) is 11.5. The topological polar surface area (TPSA) is 80.9 Å². The van der Waals surface area contributed by atoms with Crippen molar-refractivity contribution in [3.8, 4) is 45.3 Å². The van der Waals surface area contributed by atoms with Gasteiger partial charge in [0.1, 0.15) is 23.0 Å². The summed E-state index contributed by atoms with van der Waals surface area (Å²) in [6, 6.07) is 24.4. The fourth-order valence-corrected chi connectivity index (χ4v) is 4.35. The van der Waals surface area contributed by atoms with E-state index in [1.54, 1.807) is 42.5 Å². The van der Waals surface area contributed by atoms with Gasteiger partial charge in [0.25, 0.3) is 0 Å². The van der Waals surface area contributed by atoms with E-state index < -0.39 is 5.92 Å². The molecule has 0 aliphatic rings. The molecule has 4 nitrogen and oxygen atoms in total. The molecule has 0 unspecified atom stereocenters. The Balaban J connectivity index is 1.95. The molecule has 4 heteroatoms. The predicted molar refractivity (Wildman–Crippen MR) is 145 cm³/mol. The zero-order chi connectivity index (χ0) is 25.8. The van der Waals surface area contributed by atoms with Crippen molar-refractivity contribution in [3.05, 3.63) is 133 Å². The first-order valence-corrected chi connectivity index (χ1v) is 11.5. The van der Waals surface area contributed by atoms with Gasteiger partial charge in [0, 0.05) is 17.0 Å². The average Bonchev–Trinajstić information content (AvgIpc) is 2.86. The summed E-state index contributed by atoms with van der Waals surface area (Å²) < 4.78 is 0. The van der Waals surface area contributed by atoms with Gasteiger partial charge in [0.15, 0.2) is 0 Å². The zero-order valence-corrected chi connectivity index (χ0v) is 20.0. The molecule has 4 aromatic carbocycles. The second kappa shape index (κ2) is 10.3. The van der Waals surface area contributed by atoms with Crippen LogP contribution in [0.3, 0.4) is 0 Å². The Morgan fingerprint density at radius 3 is 1.39 bits per heavy atom.